The fraction of sp³-hybridized carbons (Fsp3) is 0.375. The standard InChI is InChI=1S/C8H12N2O/c1-6(2)10-5-8(4-9-10)7(3)11/h4-6,11H,3H2,1-2H3. The molecule has 1 rings (SSSR count). The molecule has 1 aromatic heterocycles. The van der Waals surface area contributed by atoms with Crippen molar-refractivity contribution in [2.24, 2.45) is 0 Å². The molecule has 11 heavy (non-hydrogen) atoms. The van der Waals surface area contributed by atoms with Crippen molar-refractivity contribution in [2.45, 2.75) is 19.9 Å². The second-order valence-electron chi connectivity index (χ2n) is 2.75. The predicted octanol–water partition coefficient (Wildman–Crippen LogP) is 1.99. The molecule has 0 saturated heterocycles. The van der Waals surface area contributed by atoms with Crippen LogP contribution in [0.15, 0.2) is 19.0 Å². The molecule has 0 unspecified atom stereocenters. The third-order valence-electron chi connectivity index (χ3n) is 1.46. The Bertz CT molecular complexity index is 263. The minimum absolute atomic E-state index is 0.0666. The van der Waals surface area contributed by atoms with Crippen molar-refractivity contribution < 1.29 is 5.11 Å². The number of nitrogens with zero attached hydrogens (tertiary/aromatic N) is 2. The zero-order valence-electron chi connectivity index (χ0n) is 6.78. The first-order valence-electron chi connectivity index (χ1n) is 3.53. The highest BCUT2D eigenvalue weighted by Crippen LogP contribution is 2.10. The van der Waals surface area contributed by atoms with Gasteiger partial charge in [0.15, 0.2) is 0 Å². The van der Waals surface area contributed by atoms with E-state index in [0.717, 1.165) is 0 Å². The second-order valence-corrected chi connectivity index (χ2v) is 2.75. The van der Waals surface area contributed by atoms with Crippen LogP contribution in [0.4, 0.5) is 0 Å². The highest BCUT2D eigenvalue weighted by molar-refractivity contribution is 5.53. The van der Waals surface area contributed by atoms with Crippen molar-refractivity contribution in [3.05, 3.63) is 24.5 Å². The molecule has 0 amide bonds. The molecule has 0 aromatic carbocycles. The monoisotopic (exact) mass is 152 g/mol. The molecule has 0 fully saturated rings. The van der Waals surface area contributed by atoms with Crippen LogP contribution in [0, 0.1) is 0 Å². The van der Waals surface area contributed by atoms with E-state index in [1.54, 1.807) is 17.1 Å². The quantitative estimate of drug-likeness (QED) is 0.658. The van der Waals surface area contributed by atoms with Crippen molar-refractivity contribution in [3.63, 3.8) is 0 Å². The highest BCUT2D eigenvalue weighted by Gasteiger charge is 2.02. The van der Waals surface area contributed by atoms with Crippen molar-refractivity contribution in [2.75, 3.05) is 0 Å². The van der Waals surface area contributed by atoms with Crippen LogP contribution in [-0.4, -0.2) is 14.9 Å². The van der Waals surface area contributed by atoms with E-state index < -0.39 is 0 Å². The zero-order chi connectivity index (χ0) is 8.43. The molecule has 1 heterocycles. The molecular formula is C8H12N2O. The summed E-state index contributed by atoms with van der Waals surface area (Å²) in [6.07, 6.45) is 3.37. The van der Waals surface area contributed by atoms with Gasteiger partial charge >= 0.3 is 0 Å². The molecule has 0 aliphatic carbocycles. The van der Waals surface area contributed by atoms with Gasteiger partial charge < -0.3 is 5.11 Å². The first kappa shape index (κ1) is 7.85. The van der Waals surface area contributed by atoms with Crippen LogP contribution in [0.5, 0.6) is 0 Å². The fourth-order valence-corrected chi connectivity index (χ4v) is 0.769. The van der Waals surface area contributed by atoms with Gasteiger partial charge in [0.2, 0.25) is 0 Å². The maximum absolute atomic E-state index is 8.97. The van der Waals surface area contributed by atoms with Gasteiger partial charge in [0.1, 0.15) is 5.76 Å². The Morgan fingerprint density at radius 1 is 1.73 bits per heavy atom. The molecule has 0 aliphatic rings. The van der Waals surface area contributed by atoms with Crippen molar-refractivity contribution in [1.29, 1.82) is 0 Å². The lowest BCUT2D eigenvalue weighted by Gasteiger charge is -2.02. The molecule has 0 radical (unpaired) electrons. The maximum atomic E-state index is 8.97. The summed E-state index contributed by atoms with van der Waals surface area (Å²) in [4.78, 5) is 0. The number of hydrogen-bond donors (Lipinski definition) is 1. The molecule has 60 valence electrons. The average molecular weight is 152 g/mol. The maximum Gasteiger partial charge on any atom is 0.118 e. The SMILES string of the molecule is C=C(O)c1cnn(C(C)C)c1. The Balaban J connectivity index is 2.90. The lowest BCUT2D eigenvalue weighted by Crippen LogP contribution is -1.99. The van der Waals surface area contributed by atoms with E-state index in [2.05, 4.69) is 11.7 Å². The van der Waals surface area contributed by atoms with Crippen molar-refractivity contribution in [1.82, 2.24) is 9.78 Å². The van der Waals surface area contributed by atoms with Crippen LogP contribution in [0.25, 0.3) is 5.76 Å². The molecule has 1 aromatic rings. The molecule has 3 nitrogen and oxygen atoms in total. The summed E-state index contributed by atoms with van der Waals surface area (Å²) in [5.74, 6) is 0.0666. The first-order valence-corrected chi connectivity index (χ1v) is 3.53. The van der Waals surface area contributed by atoms with Gasteiger partial charge in [0, 0.05) is 12.2 Å². The number of aromatic nitrogens is 2. The number of hydrogen-bond acceptors (Lipinski definition) is 2. The van der Waals surface area contributed by atoms with E-state index >= 15 is 0 Å². The van der Waals surface area contributed by atoms with Gasteiger partial charge in [-0.2, -0.15) is 5.10 Å². The minimum atomic E-state index is 0.0666. The van der Waals surface area contributed by atoms with Gasteiger partial charge in [-0.3, -0.25) is 4.68 Å². The van der Waals surface area contributed by atoms with E-state index in [1.165, 1.54) is 0 Å². The van der Waals surface area contributed by atoms with E-state index in [4.69, 9.17) is 5.11 Å². The Morgan fingerprint density at radius 2 is 2.36 bits per heavy atom. The smallest absolute Gasteiger partial charge is 0.118 e. The van der Waals surface area contributed by atoms with Gasteiger partial charge in [0.05, 0.1) is 11.8 Å². The summed E-state index contributed by atoms with van der Waals surface area (Å²) in [7, 11) is 0. The summed E-state index contributed by atoms with van der Waals surface area (Å²) >= 11 is 0. The van der Waals surface area contributed by atoms with Crippen LogP contribution < -0.4 is 0 Å². The van der Waals surface area contributed by atoms with Gasteiger partial charge in [-0.05, 0) is 13.8 Å². The molecule has 0 saturated carbocycles. The van der Waals surface area contributed by atoms with Gasteiger partial charge in [0.25, 0.3) is 0 Å². The lowest BCUT2D eigenvalue weighted by molar-refractivity contribution is 0.511. The predicted molar refractivity (Wildman–Crippen MR) is 44.3 cm³/mol. The summed E-state index contributed by atoms with van der Waals surface area (Å²) in [5, 5.41) is 13.0. The molecule has 0 aliphatic heterocycles. The van der Waals surface area contributed by atoms with Crippen molar-refractivity contribution >= 4 is 5.76 Å². The van der Waals surface area contributed by atoms with E-state index in [1.807, 2.05) is 13.8 Å². The third kappa shape index (κ3) is 1.61. The molecule has 3 heteroatoms. The summed E-state index contributed by atoms with van der Waals surface area (Å²) in [5.41, 5.74) is 0.679. The highest BCUT2D eigenvalue weighted by atomic mass is 16.3. The summed E-state index contributed by atoms with van der Waals surface area (Å²) in [6.45, 7) is 7.45. The summed E-state index contributed by atoms with van der Waals surface area (Å²) < 4.78 is 1.77. The van der Waals surface area contributed by atoms with Crippen molar-refractivity contribution in [3.8, 4) is 0 Å². The van der Waals surface area contributed by atoms with E-state index in [9.17, 15) is 0 Å². The molecular weight excluding hydrogens is 140 g/mol. The molecule has 0 spiro atoms. The normalized spacial score (nSPS) is 10.5. The third-order valence-corrected chi connectivity index (χ3v) is 1.46. The van der Waals surface area contributed by atoms with Gasteiger partial charge in [-0.1, -0.05) is 6.58 Å². The second kappa shape index (κ2) is 2.78. The molecule has 0 bridgehead atoms. The van der Waals surface area contributed by atoms with Gasteiger partial charge in [-0.25, -0.2) is 0 Å². The Labute approximate surface area is 66.0 Å². The summed E-state index contributed by atoms with van der Waals surface area (Å²) in [6, 6.07) is 0.322. The minimum Gasteiger partial charge on any atom is -0.508 e. The zero-order valence-corrected chi connectivity index (χ0v) is 6.78. The Hall–Kier alpha value is -1.25. The van der Waals surface area contributed by atoms with Crippen LogP contribution >= 0.6 is 0 Å². The van der Waals surface area contributed by atoms with Gasteiger partial charge in [-0.15, -0.1) is 0 Å². The lowest BCUT2D eigenvalue weighted by atomic mass is 10.3. The average Bonchev–Trinajstić information content (AvgIpc) is 2.33. The Kier molecular flexibility index (Phi) is 1.98. The number of aliphatic hydroxyl groups is 1. The topological polar surface area (TPSA) is 38.1 Å². The fourth-order valence-electron chi connectivity index (χ4n) is 0.769. The van der Waals surface area contributed by atoms with Crippen LogP contribution in [0.2, 0.25) is 0 Å². The molecule has 0 atom stereocenters. The van der Waals surface area contributed by atoms with Crippen LogP contribution in [-0.2, 0) is 0 Å². The number of rotatable bonds is 2. The van der Waals surface area contributed by atoms with E-state index in [0.29, 0.717) is 11.6 Å². The molecule has 1 N–H and O–H groups in total. The van der Waals surface area contributed by atoms with E-state index in [-0.39, 0.29) is 5.76 Å². The largest absolute Gasteiger partial charge is 0.508 e. The Morgan fingerprint density at radius 3 is 2.64 bits per heavy atom. The van der Waals surface area contributed by atoms with Crippen LogP contribution in [0.3, 0.4) is 0 Å². The van der Waals surface area contributed by atoms with Crippen LogP contribution in [0.1, 0.15) is 25.5 Å². The first-order chi connectivity index (χ1) is 5.11. The number of aliphatic hydroxyl groups excluding tert-OH is 1.